The van der Waals surface area contributed by atoms with E-state index in [1.54, 1.807) is 0 Å². The second kappa shape index (κ2) is 7.01. The molecule has 3 nitrogen and oxygen atoms in total. The van der Waals surface area contributed by atoms with Gasteiger partial charge in [-0.15, -0.1) is 0 Å². The van der Waals surface area contributed by atoms with E-state index in [1.165, 1.54) is 0 Å². The van der Waals surface area contributed by atoms with Gasteiger partial charge in [-0.1, -0.05) is 43.7 Å². The van der Waals surface area contributed by atoms with Crippen LogP contribution in [-0.2, 0) is 4.79 Å². The molecule has 1 rings (SSSR count). The minimum absolute atomic E-state index is 0.0438. The Labute approximate surface area is 97.0 Å². The smallest absolute Gasteiger partial charge is 0.227 e. The summed E-state index contributed by atoms with van der Waals surface area (Å²) in [6.07, 6.45) is 1.87. The summed E-state index contributed by atoms with van der Waals surface area (Å²) in [5, 5.41) is 2.85. The van der Waals surface area contributed by atoms with Crippen LogP contribution in [-0.4, -0.2) is 19.0 Å². The lowest BCUT2D eigenvalue weighted by Crippen LogP contribution is -2.33. The summed E-state index contributed by atoms with van der Waals surface area (Å²) in [4.78, 5) is 11.9. The van der Waals surface area contributed by atoms with Crippen molar-refractivity contribution in [1.29, 1.82) is 0 Å². The molecule has 88 valence electrons. The van der Waals surface area contributed by atoms with E-state index in [4.69, 9.17) is 5.73 Å². The molecule has 3 heteroatoms. The van der Waals surface area contributed by atoms with Crippen molar-refractivity contribution >= 4 is 5.91 Å². The van der Waals surface area contributed by atoms with Crippen molar-refractivity contribution < 1.29 is 4.79 Å². The normalized spacial score (nSPS) is 12.1. The number of amides is 1. The summed E-state index contributed by atoms with van der Waals surface area (Å²) in [6.45, 7) is 3.12. The number of hydrogen-bond acceptors (Lipinski definition) is 2. The van der Waals surface area contributed by atoms with Crippen LogP contribution in [0, 0.1) is 0 Å². The van der Waals surface area contributed by atoms with E-state index in [-0.39, 0.29) is 11.8 Å². The first kappa shape index (κ1) is 12.7. The molecule has 1 amide bonds. The van der Waals surface area contributed by atoms with E-state index < -0.39 is 0 Å². The molecule has 0 aliphatic rings. The molecule has 0 aliphatic heterocycles. The van der Waals surface area contributed by atoms with E-state index in [2.05, 4.69) is 12.2 Å². The summed E-state index contributed by atoms with van der Waals surface area (Å²) in [5.74, 6) is 0.0382. The zero-order valence-corrected chi connectivity index (χ0v) is 9.78. The molecule has 0 aliphatic carbocycles. The highest BCUT2D eigenvalue weighted by Crippen LogP contribution is 2.20. The van der Waals surface area contributed by atoms with Crippen molar-refractivity contribution in [2.75, 3.05) is 13.1 Å². The molecule has 0 saturated carbocycles. The summed E-state index contributed by atoms with van der Waals surface area (Å²) < 4.78 is 0. The monoisotopic (exact) mass is 220 g/mol. The van der Waals surface area contributed by atoms with Gasteiger partial charge in [0.1, 0.15) is 0 Å². The van der Waals surface area contributed by atoms with E-state index in [9.17, 15) is 4.79 Å². The lowest BCUT2D eigenvalue weighted by Gasteiger charge is -2.16. The van der Waals surface area contributed by atoms with Gasteiger partial charge < -0.3 is 11.1 Å². The predicted octanol–water partition coefficient (Wildman–Crippen LogP) is 1.65. The first-order valence-corrected chi connectivity index (χ1v) is 5.82. The maximum atomic E-state index is 11.9. The Hall–Kier alpha value is -1.35. The van der Waals surface area contributed by atoms with Crippen molar-refractivity contribution in [2.24, 2.45) is 5.73 Å². The SMILES string of the molecule is CCCC(C(=O)NCCN)c1ccccc1. The molecular formula is C13H20N2O. The fourth-order valence-corrected chi connectivity index (χ4v) is 1.74. The Morgan fingerprint density at radius 1 is 1.38 bits per heavy atom. The second-order valence-corrected chi connectivity index (χ2v) is 3.83. The average molecular weight is 220 g/mol. The lowest BCUT2D eigenvalue weighted by molar-refractivity contribution is -0.122. The Kier molecular flexibility index (Phi) is 5.57. The summed E-state index contributed by atoms with van der Waals surface area (Å²) >= 11 is 0. The second-order valence-electron chi connectivity index (χ2n) is 3.83. The number of nitrogens with two attached hydrogens (primary N) is 1. The Bertz CT molecular complexity index is 311. The van der Waals surface area contributed by atoms with Crippen LogP contribution in [0.4, 0.5) is 0 Å². The van der Waals surface area contributed by atoms with Crippen molar-refractivity contribution in [3.05, 3.63) is 35.9 Å². The van der Waals surface area contributed by atoms with Crippen LogP contribution in [0.25, 0.3) is 0 Å². The minimum atomic E-state index is -0.0438. The highest BCUT2D eigenvalue weighted by molar-refractivity contribution is 5.83. The third kappa shape index (κ3) is 3.66. The number of benzene rings is 1. The fraction of sp³-hybridized carbons (Fsp3) is 0.462. The Morgan fingerprint density at radius 3 is 2.62 bits per heavy atom. The van der Waals surface area contributed by atoms with E-state index >= 15 is 0 Å². The molecule has 0 bridgehead atoms. The molecule has 0 spiro atoms. The largest absolute Gasteiger partial charge is 0.354 e. The summed E-state index contributed by atoms with van der Waals surface area (Å²) in [6, 6.07) is 9.90. The minimum Gasteiger partial charge on any atom is -0.354 e. The van der Waals surface area contributed by atoms with Gasteiger partial charge in [0.2, 0.25) is 5.91 Å². The predicted molar refractivity (Wildman–Crippen MR) is 66.2 cm³/mol. The van der Waals surface area contributed by atoms with Crippen LogP contribution in [0.5, 0.6) is 0 Å². The molecule has 1 unspecified atom stereocenters. The molecule has 0 saturated heterocycles. The van der Waals surface area contributed by atoms with Gasteiger partial charge >= 0.3 is 0 Å². The molecule has 16 heavy (non-hydrogen) atoms. The topological polar surface area (TPSA) is 55.1 Å². The molecule has 3 N–H and O–H groups in total. The maximum absolute atomic E-state index is 11.9. The molecule has 0 fully saturated rings. The van der Waals surface area contributed by atoms with Crippen molar-refractivity contribution in [3.63, 3.8) is 0 Å². The van der Waals surface area contributed by atoms with E-state index in [0.717, 1.165) is 18.4 Å². The van der Waals surface area contributed by atoms with Crippen molar-refractivity contribution in [3.8, 4) is 0 Å². The first-order chi connectivity index (χ1) is 7.79. The lowest BCUT2D eigenvalue weighted by atomic mass is 9.94. The van der Waals surface area contributed by atoms with Crippen LogP contribution in [0.2, 0.25) is 0 Å². The van der Waals surface area contributed by atoms with Crippen LogP contribution in [0.1, 0.15) is 31.2 Å². The van der Waals surface area contributed by atoms with Gasteiger partial charge in [-0.05, 0) is 12.0 Å². The number of carbonyl (C=O) groups is 1. The first-order valence-electron chi connectivity index (χ1n) is 5.82. The van der Waals surface area contributed by atoms with Gasteiger partial charge in [-0.25, -0.2) is 0 Å². The molecule has 1 aromatic carbocycles. The fourth-order valence-electron chi connectivity index (χ4n) is 1.74. The Morgan fingerprint density at radius 2 is 2.06 bits per heavy atom. The molecule has 1 atom stereocenters. The zero-order valence-electron chi connectivity index (χ0n) is 9.78. The standard InChI is InChI=1S/C13H20N2O/c1-2-6-12(13(16)15-10-9-14)11-7-4-3-5-8-11/h3-5,7-8,12H,2,6,9-10,14H2,1H3,(H,15,16). The van der Waals surface area contributed by atoms with Gasteiger partial charge in [-0.3, -0.25) is 4.79 Å². The van der Waals surface area contributed by atoms with Gasteiger partial charge in [0.25, 0.3) is 0 Å². The number of hydrogen-bond donors (Lipinski definition) is 2. The summed E-state index contributed by atoms with van der Waals surface area (Å²) in [5.41, 5.74) is 6.46. The maximum Gasteiger partial charge on any atom is 0.227 e. The third-order valence-electron chi connectivity index (χ3n) is 2.54. The van der Waals surface area contributed by atoms with Crippen LogP contribution >= 0.6 is 0 Å². The molecule has 0 radical (unpaired) electrons. The molecule has 1 aromatic rings. The van der Waals surface area contributed by atoms with Crippen LogP contribution in [0.15, 0.2) is 30.3 Å². The number of rotatable bonds is 6. The van der Waals surface area contributed by atoms with E-state index in [1.807, 2.05) is 30.3 Å². The number of nitrogens with one attached hydrogen (secondary N) is 1. The van der Waals surface area contributed by atoms with Gasteiger partial charge in [0.15, 0.2) is 0 Å². The highest BCUT2D eigenvalue weighted by Gasteiger charge is 2.18. The highest BCUT2D eigenvalue weighted by atomic mass is 16.1. The van der Waals surface area contributed by atoms with Crippen LogP contribution < -0.4 is 11.1 Å². The van der Waals surface area contributed by atoms with Gasteiger partial charge in [0.05, 0.1) is 5.92 Å². The number of carbonyl (C=O) groups excluding carboxylic acids is 1. The third-order valence-corrected chi connectivity index (χ3v) is 2.54. The van der Waals surface area contributed by atoms with Crippen molar-refractivity contribution in [2.45, 2.75) is 25.7 Å². The van der Waals surface area contributed by atoms with Crippen molar-refractivity contribution in [1.82, 2.24) is 5.32 Å². The Balaban J connectivity index is 2.71. The summed E-state index contributed by atoms with van der Waals surface area (Å²) in [7, 11) is 0. The molecule has 0 aromatic heterocycles. The van der Waals surface area contributed by atoms with Gasteiger partial charge in [0, 0.05) is 13.1 Å². The molecular weight excluding hydrogens is 200 g/mol. The average Bonchev–Trinajstić information content (AvgIpc) is 2.34. The zero-order chi connectivity index (χ0) is 11.8. The molecule has 0 heterocycles. The van der Waals surface area contributed by atoms with E-state index in [0.29, 0.717) is 13.1 Å². The van der Waals surface area contributed by atoms with Crippen LogP contribution in [0.3, 0.4) is 0 Å². The van der Waals surface area contributed by atoms with Gasteiger partial charge in [-0.2, -0.15) is 0 Å². The quantitative estimate of drug-likeness (QED) is 0.766.